The Morgan fingerprint density at radius 1 is 0.800 bits per heavy atom. The van der Waals surface area contributed by atoms with E-state index in [0.717, 1.165) is 6.26 Å². The first-order valence-electron chi connectivity index (χ1n) is 8.62. The fourth-order valence-corrected chi connectivity index (χ4v) is 3.73. The summed E-state index contributed by atoms with van der Waals surface area (Å²) in [7, 11) is -3.44. The Balaban J connectivity index is 1.80. The van der Waals surface area contributed by atoms with Gasteiger partial charge in [0.05, 0.1) is 26.2 Å². The molecule has 0 saturated carbocycles. The molecule has 0 unspecified atom stereocenters. The minimum Gasteiger partial charge on any atom is -0.322 e. The number of rotatable bonds is 5. The van der Waals surface area contributed by atoms with Crippen molar-refractivity contribution < 1.29 is 18.0 Å². The maximum absolute atomic E-state index is 12.6. The first-order chi connectivity index (χ1) is 14.1. The lowest BCUT2D eigenvalue weighted by Crippen LogP contribution is -2.15. The molecule has 9 heteroatoms. The van der Waals surface area contributed by atoms with E-state index < -0.39 is 15.7 Å². The van der Waals surface area contributed by atoms with Crippen LogP contribution in [0.15, 0.2) is 71.6 Å². The minimum absolute atomic E-state index is 0.00184. The highest BCUT2D eigenvalue weighted by Crippen LogP contribution is 2.27. The third kappa shape index (κ3) is 5.18. The number of carbonyl (C=O) groups is 2. The first-order valence-corrected chi connectivity index (χ1v) is 11.3. The molecule has 0 spiro atoms. The van der Waals surface area contributed by atoms with Crippen molar-refractivity contribution in [2.45, 2.75) is 4.90 Å². The number of carbonyl (C=O) groups excluding carboxylic acids is 2. The second-order valence-corrected chi connectivity index (χ2v) is 9.21. The van der Waals surface area contributed by atoms with E-state index in [9.17, 15) is 18.0 Å². The van der Waals surface area contributed by atoms with Gasteiger partial charge in [0.15, 0.2) is 9.84 Å². The highest BCUT2D eigenvalue weighted by atomic mass is 35.5. The molecule has 3 aromatic rings. The Hall–Kier alpha value is -2.87. The van der Waals surface area contributed by atoms with Crippen LogP contribution < -0.4 is 10.6 Å². The molecular formula is C21H16Cl2N2O4S. The quantitative estimate of drug-likeness (QED) is 0.563. The minimum atomic E-state index is -3.44. The standard InChI is InChI=1S/C21H16Cl2N2O4S/c1-30(28,29)15-8-9-16(18(23)12-15)21(27)24-14-7-10-17(22)19(11-14)25-20(26)13-5-3-2-4-6-13/h2-12H,1H3,(H,24,27)(H,25,26). The van der Waals surface area contributed by atoms with Crippen LogP contribution in [0.4, 0.5) is 11.4 Å². The molecule has 3 aromatic carbocycles. The molecule has 0 saturated heterocycles. The summed E-state index contributed by atoms with van der Waals surface area (Å²) < 4.78 is 23.2. The molecule has 0 heterocycles. The second kappa shape index (κ2) is 8.87. The average molecular weight is 463 g/mol. The molecule has 6 nitrogen and oxygen atoms in total. The second-order valence-electron chi connectivity index (χ2n) is 6.38. The maximum Gasteiger partial charge on any atom is 0.257 e. The lowest BCUT2D eigenvalue weighted by atomic mass is 10.2. The van der Waals surface area contributed by atoms with Gasteiger partial charge in [0.1, 0.15) is 0 Å². The van der Waals surface area contributed by atoms with Crippen LogP contribution in [0.5, 0.6) is 0 Å². The predicted molar refractivity (Wildman–Crippen MR) is 118 cm³/mol. The van der Waals surface area contributed by atoms with Crippen molar-refractivity contribution >= 4 is 56.2 Å². The summed E-state index contributed by atoms with van der Waals surface area (Å²) in [5.74, 6) is -0.886. The Morgan fingerprint density at radius 3 is 2.13 bits per heavy atom. The highest BCUT2D eigenvalue weighted by Gasteiger charge is 2.16. The van der Waals surface area contributed by atoms with E-state index in [1.807, 2.05) is 0 Å². The molecule has 0 radical (unpaired) electrons. The fraction of sp³-hybridized carbons (Fsp3) is 0.0476. The summed E-state index contributed by atoms with van der Waals surface area (Å²) in [6.07, 6.45) is 1.05. The van der Waals surface area contributed by atoms with Crippen LogP contribution >= 0.6 is 23.2 Å². The number of anilines is 2. The monoisotopic (exact) mass is 462 g/mol. The number of benzene rings is 3. The summed E-state index contributed by atoms with van der Waals surface area (Å²) in [4.78, 5) is 24.9. The summed E-state index contributed by atoms with van der Waals surface area (Å²) in [6.45, 7) is 0. The summed E-state index contributed by atoms with van der Waals surface area (Å²) in [6, 6.07) is 17.1. The third-order valence-corrected chi connectivity index (χ3v) is 5.87. The van der Waals surface area contributed by atoms with Crippen LogP contribution in [0.1, 0.15) is 20.7 Å². The van der Waals surface area contributed by atoms with E-state index in [-0.39, 0.29) is 21.4 Å². The third-order valence-electron chi connectivity index (χ3n) is 4.12. The van der Waals surface area contributed by atoms with Gasteiger partial charge in [-0.15, -0.1) is 0 Å². The molecule has 0 fully saturated rings. The van der Waals surface area contributed by atoms with Gasteiger partial charge in [0.25, 0.3) is 11.8 Å². The zero-order valence-electron chi connectivity index (χ0n) is 15.6. The summed E-state index contributed by atoms with van der Waals surface area (Å²) in [5, 5.41) is 5.66. The molecule has 0 aliphatic carbocycles. The average Bonchev–Trinajstić information content (AvgIpc) is 2.70. The van der Waals surface area contributed by atoms with Crippen LogP contribution in [0, 0.1) is 0 Å². The van der Waals surface area contributed by atoms with E-state index in [4.69, 9.17) is 23.2 Å². The number of sulfone groups is 1. The van der Waals surface area contributed by atoms with E-state index in [1.165, 1.54) is 30.3 Å². The van der Waals surface area contributed by atoms with Crippen LogP contribution in [0.25, 0.3) is 0 Å². The lowest BCUT2D eigenvalue weighted by molar-refractivity contribution is 0.101. The van der Waals surface area contributed by atoms with Crippen molar-refractivity contribution in [3.05, 3.63) is 87.9 Å². The smallest absolute Gasteiger partial charge is 0.257 e. The molecule has 0 atom stereocenters. The molecule has 0 bridgehead atoms. The van der Waals surface area contributed by atoms with Gasteiger partial charge in [-0.1, -0.05) is 41.4 Å². The molecule has 0 aliphatic heterocycles. The van der Waals surface area contributed by atoms with Gasteiger partial charge in [0, 0.05) is 17.5 Å². The summed E-state index contributed by atoms with van der Waals surface area (Å²) in [5.41, 5.74) is 1.26. The lowest BCUT2D eigenvalue weighted by Gasteiger charge is -2.12. The molecule has 0 aromatic heterocycles. The Bertz CT molecular complexity index is 1230. The molecule has 3 rings (SSSR count). The van der Waals surface area contributed by atoms with Gasteiger partial charge >= 0.3 is 0 Å². The van der Waals surface area contributed by atoms with Crippen LogP contribution in [-0.2, 0) is 9.84 Å². The van der Waals surface area contributed by atoms with Crippen molar-refractivity contribution in [2.24, 2.45) is 0 Å². The normalized spacial score (nSPS) is 11.0. The van der Waals surface area contributed by atoms with Crippen LogP contribution in [0.2, 0.25) is 10.0 Å². The zero-order chi connectivity index (χ0) is 21.9. The van der Waals surface area contributed by atoms with Crippen molar-refractivity contribution in [3.63, 3.8) is 0 Å². The molecule has 2 N–H and O–H groups in total. The van der Waals surface area contributed by atoms with Crippen LogP contribution in [-0.4, -0.2) is 26.5 Å². The number of amides is 2. The molecule has 30 heavy (non-hydrogen) atoms. The van der Waals surface area contributed by atoms with Gasteiger partial charge in [0.2, 0.25) is 0 Å². The SMILES string of the molecule is CS(=O)(=O)c1ccc(C(=O)Nc2ccc(Cl)c(NC(=O)c3ccccc3)c2)c(Cl)c1. The van der Waals surface area contributed by atoms with E-state index in [0.29, 0.717) is 22.0 Å². The van der Waals surface area contributed by atoms with Gasteiger partial charge < -0.3 is 10.6 Å². The van der Waals surface area contributed by atoms with Crippen molar-refractivity contribution in [1.29, 1.82) is 0 Å². The molecular weight excluding hydrogens is 447 g/mol. The fourth-order valence-electron chi connectivity index (χ4n) is 2.59. The number of hydrogen-bond donors (Lipinski definition) is 2. The molecule has 154 valence electrons. The van der Waals surface area contributed by atoms with Gasteiger partial charge in [-0.05, 0) is 48.5 Å². The van der Waals surface area contributed by atoms with Crippen molar-refractivity contribution in [2.75, 3.05) is 16.9 Å². The zero-order valence-corrected chi connectivity index (χ0v) is 18.0. The van der Waals surface area contributed by atoms with Crippen molar-refractivity contribution in [3.8, 4) is 0 Å². The topological polar surface area (TPSA) is 92.3 Å². The summed E-state index contributed by atoms with van der Waals surface area (Å²) >= 11 is 12.2. The van der Waals surface area contributed by atoms with Crippen LogP contribution in [0.3, 0.4) is 0 Å². The van der Waals surface area contributed by atoms with E-state index in [2.05, 4.69) is 10.6 Å². The van der Waals surface area contributed by atoms with E-state index >= 15 is 0 Å². The van der Waals surface area contributed by atoms with Gasteiger partial charge in [-0.2, -0.15) is 0 Å². The number of hydrogen-bond acceptors (Lipinski definition) is 4. The Labute approximate surface area is 183 Å². The largest absolute Gasteiger partial charge is 0.322 e. The number of halogens is 2. The van der Waals surface area contributed by atoms with Gasteiger partial charge in [-0.3, -0.25) is 9.59 Å². The van der Waals surface area contributed by atoms with Crippen molar-refractivity contribution in [1.82, 2.24) is 0 Å². The highest BCUT2D eigenvalue weighted by molar-refractivity contribution is 7.90. The Kier molecular flexibility index (Phi) is 6.45. The molecule has 2 amide bonds. The molecule has 0 aliphatic rings. The predicted octanol–water partition coefficient (Wildman–Crippen LogP) is 4.90. The maximum atomic E-state index is 12.6. The first kappa shape index (κ1) is 21.8. The number of nitrogens with one attached hydrogen (secondary N) is 2. The van der Waals surface area contributed by atoms with Gasteiger partial charge in [-0.25, -0.2) is 8.42 Å². The van der Waals surface area contributed by atoms with E-state index in [1.54, 1.807) is 36.4 Å². The Morgan fingerprint density at radius 2 is 1.50 bits per heavy atom.